The Hall–Kier alpha value is -2.29. The molecular formula is C44H68O7. The zero-order chi connectivity index (χ0) is 36.1. The number of hydrogen-bond donors (Lipinski definition) is 1. The Balaban J connectivity index is 1.20. The van der Waals surface area contributed by atoms with Gasteiger partial charge in [0.05, 0.1) is 6.61 Å². The molecule has 4 rings (SSSR count). The topological polar surface area (TPSA) is 83.5 Å². The quantitative estimate of drug-likeness (QED) is 0.0812. The van der Waals surface area contributed by atoms with Gasteiger partial charge in [0.15, 0.2) is 12.6 Å². The smallest absolute Gasteiger partial charge is 0.305 e. The van der Waals surface area contributed by atoms with Crippen molar-refractivity contribution in [3.05, 3.63) is 70.8 Å². The molecule has 0 radical (unpaired) electrons. The van der Waals surface area contributed by atoms with Gasteiger partial charge in [0, 0.05) is 17.5 Å². The predicted octanol–water partition coefficient (Wildman–Crippen LogP) is 10.7. The third-order valence-corrected chi connectivity index (χ3v) is 10.3. The molecule has 2 aliphatic rings. The van der Waals surface area contributed by atoms with Crippen LogP contribution in [0.1, 0.15) is 171 Å². The Labute approximate surface area is 309 Å². The highest BCUT2D eigenvalue weighted by Crippen LogP contribution is 2.39. The lowest BCUT2D eigenvalue weighted by atomic mass is 9.99. The van der Waals surface area contributed by atoms with Crippen LogP contribution in [-0.4, -0.2) is 48.7 Å². The number of aryl methyl sites for hydroxylation is 2. The van der Waals surface area contributed by atoms with Gasteiger partial charge in [0.2, 0.25) is 0 Å². The van der Waals surface area contributed by atoms with E-state index in [9.17, 15) is 9.90 Å². The van der Waals surface area contributed by atoms with Crippen LogP contribution >= 0.6 is 0 Å². The molecule has 7 nitrogen and oxygen atoms in total. The van der Waals surface area contributed by atoms with Gasteiger partial charge in [-0.25, -0.2) is 0 Å². The lowest BCUT2D eigenvalue weighted by molar-refractivity contribution is -0.373. The summed E-state index contributed by atoms with van der Waals surface area (Å²) in [4.78, 5) is 12.7. The molecular weight excluding hydrogens is 640 g/mol. The van der Waals surface area contributed by atoms with E-state index < -0.39 is 37.0 Å². The fraction of sp³-hybridized carbons (Fsp3) is 0.705. The van der Waals surface area contributed by atoms with Crippen LogP contribution in [0.4, 0.5) is 0 Å². The fourth-order valence-electron chi connectivity index (χ4n) is 7.25. The molecule has 2 aromatic rings. The van der Waals surface area contributed by atoms with E-state index in [4.69, 9.17) is 23.7 Å². The number of esters is 1. The van der Waals surface area contributed by atoms with Crippen molar-refractivity contribution in [1.29, 1.82) is 0 Å². The first-order valence-corrected chi connectivity index (χ1v) is 20.6. The molecule has 0 bridgehead atoms. The molecule has 286 valence electrons. The highest BCUT2D eigenvalue weighted by Gasteiger charge is 2.48. The number of unbranched alkanes of at least 4 members (excludes halogenated alkanes) is 14. The fourth-order valence-corrected chi connectivity index (χ4v) is 7.25. The number of aliphatic hydroxyl groups excluding tert-OH is 1. The largest absolute Gasteiger partial charge is 0.463 e. The molecule has 51 heavy (non-hydrogen) atoms. The van der Waals surface area contributed by atoms with Gasteiger partial charge in [0.25, 0.3) is 0 Å². The van der Waals surface area contributed by atoms with Crippen LogP contribution in [-0.2, 0) is 41.3 Å². The number of aliphatic hydroxyl groups is 1. The summed E-state index contributed by atoms with van der Waals surface area (Å²) in [6, 6.07) is 16.5. The molecule has 2 aromatic carbocycles. The minimum atomic E-state index is -1.08. The van der Waals surface area contributed by atoms with E-state index in [2.05, 4.69) is 45.0 Å². The number of rotatable bonds is 25. The first kappa shape index (κ1) is 41.5. The van der Waals surface area contributed by atoms with Gasteiger partial charge in [-0.15, -0.1) is 0 Å². The van der Waals surface area contributed by atoms with Gasteiger partial charge in [-0.3, -0.25) is 4.79 Å². The minimum absolute atomic E-state index is 0.159. The van der Waals surface area contributed by atoms with Gasteiger partial charge in [0.1, 0.15) is 31.0 Å². The van der Waals surface area contributed by atoms with Crippen molar-refractivity contribution >= 4 is 5.97 Å². The maximum Gasteiger partial charge on any atom is 0.305 e. The zero-order valence-corrected chi connectivity index (χ0v) is 32.0. The number of carbonyl (C=O) groups is 1. The van der Waals surface area contributed by atoms with Gasteiger partial charge in [-0.2, -0.15) is 0 Å². The van der Waals surface area contributed by atoms with Crippen LogP contribution in [0.25, 0.3) is 0 Å². The molecule has 0 spiro atoms. The minimum Gasteiger partial charge on any atom is -0.463 e. The summed E-state index contributed by atoms with van der Waals surface area (Å²) in [7, 11) is 0. The highest BCUT2D eigenvalue weighted by atomic mass is 16.8. The molecule has 1 N–H and O–H groups in total. The van der Waals surface area contributed by atoms with E-state index in [-0.39, 0.29) is 12.6 Å². The van der Waals surface area contributed by atoms with Crippen molar-refractivity contribution in [1.82, 2.24) is 0 Å². The number of benzene rings is 2. The molecule has 0 saturated carbocycles. The number of fused-ring (bicyclic) bond motifs is 1. The van der Waals surface area contributed by atoms with Crippen molar-refractivity contribution in [3.63, 3.8) is 0 Å². The second-order valence-electron chi connectivity index (χ2n) is 14.8. The van der Waals surface area contributed by atoms with Gasteiger partial charge < -0.3 is 28.8 Å². The standard InChI is InChI=1S/C44H68O7/c1-4-7-8-9-10-11-12-13-14-15-16-17-18-19-20-23-40(46)47-32-38(45)41-42-39(49-44(50-41)37-30-26-35(22-6-3)27-31-37)33-48-43(51-42)36-28-24-34(21-5-2)25-29-36/h24-31,38-39,41-45H,4-23,32-33H2,1-3H3. The SMILES string of the molecule is CCCCCCCCCCCCCCCCCC(=O)OCC(O)C1OC(c2ccc(CCC)cc2)OC2COC(c3ccc(CCC)cc3)OC21. The average molecular weight is 709 g/mol. The summed E-state index contributed by atoms with van der Waals surface area (Å²) in [5, 5.41) is 11.4. The van der Waals surface area contributed by atoms with Crippen LogP contribution in [0.5, 0.6) is 0 Å². The van der Waals surface area contributed by atoms with E-state index in [1.807, 2.05) is 24.3 Å². The third-order valence-electron chi connectivity index (χ3n) is 10.3. The number of carbonyl (C=O) groups excluding carboxylic acids is 1. The summed E-state index contributed by atoms with van der Waals surface area (Å²) in [6.07, 6.45) is 19.5. The van der Waals surface area contributed by atoms with Crippen molar-refractivity contribution in [2.45, 2.75) is 186 Å². The van der Waals surface area contributed by atoms with E-state index in [1.165, 1.54) is 88.2 Å². The van der Waals surface area contributed by atoms with Gasteiger partial charge in [-0.1, -0.05) is 172 Å². The lowest BCUT2D eigenvalue weighted by Gasteiger charge is -2.47. The summed E-state index contributed by atoms with van der Waals surface area (Å²) in [5.74, 6) is -0.284. The summed E-state index contributed by atoms with van der Waals surface area (Å²) in [5.41, 5.74) is 4.30. The first-order chi connectivity index (χ1) is 25.0. The van der Waals surface area contributed by atoms with Crippen molar-refractivity contribution in [3.8, 4) is 0 Å². The molecule has 2 aliphatic heterocycles. The second kappa shape index (κ2) is 24.1. The molecule has 2 saturated heterocycles. The van der Waals surface area contributed by atoms with Crippen LogP contribution in [0, 0.1) is 0 Å². The van der Waals surface area contributed by atoms with Crippen molar-refractivity contribution in [2.24, 2.45) is 0 Å². The molecule has 2 fully saturated rings. The van der Waals surface area contributed by atoms with Crippen LogP contribution in [0.2, 0.25) is 0 Å². The molecule has 7 heteroatoms. The Morgan fingerprint density at radius 1 is 0.647 bits per heavy atom. The summed E-state index contributed by atoms with van der Waals surface area (Å²) in [6.45, 7) is 6.74. The van der Waals surface area contributed by atoms with Crippen molar-refractivity contribution < 1.29 is 33.6 Å². The van der Waals surface area contributed by atoms with Crippen LogP contribution in [0.3, 0.4) is 0 Å². The molecule has 2 heterocycles. The maximum atomic E-state index is 12.7. The molecule has 6 atom stereocenters. The molecule has 6 unspecified atom stereocenters. The Bertz CT molecular complexity index is 1200. The van der Waals surface area contributed by atoms with E-state index >= 15 is 0 Å². The van der Waals surface area contributed by atoms with E-state index in [1.54, 1.807) is 0 Å². The average Bonchev–Trinajstić information content (AvgIpc) is 3.15. The third kappa shape index (κ3) is 14.6. The Morgan fingerprint density at radius 3 is 1.65 bits per heavy atom. The van der Waals surface area contributed by atoms with Crippen LogP contribution < -0.4 is 0 Å². The van der Waals surface area contributed by atoms with E-state index in [0.29, 0.717) is 13.0 Å². The summed E-state index contributed by atoms with van der Waals surface area (Å²) >= 11 is 0. The second-order valence-corrected chi connectivity index (χ2v) is 14.8. The summed E-state index contributed by atoms with van der Waals surface area (Å²) < 4.78 is 31.0. The Kier molecular flexibility index (Phi) is 19.6. The Morgan fingerprint density at radius 2 is 1.14 bits per heavy atom. The lowest BCUT2D eigenvalue weighted by Crippen LogP contribution is -2.58. The van der Waals surface area contributed by atoms with Gasteiger partial charge >= 0.3 is 5.97 Å². The van der Waals surface area contributed by atoms with E-state index in [0.717, 1.165) is 56.1 Å². The molecule has 0 aromatic heterocycles. The van der Waals surface area contributed by atoms with Crippen molar-refractivity contribution in [2.75, 3.05) is 13.2 Å². The highest BCUT2D eigenvalue weighted by molar-refractivity contribution is 5.69. The zero-order valence-electron chi connectivity index (χ0n) is 32.0. The first-order valence-electron chi connectivity index (χ1n) is 20.6. The van der Waals surface area contributed by atoms with Crippen LogP contribution in [0.15, 0.2) is 48.5 Å². The number of hydrogen-bond acceptors (Lipinski definition) is 7. The van der Waals surface area contributed by atoms with Gasteiger partial charge in [-0.05, 0) is 30.4 Å². The monoisotopic (exact) mass is 708 g/mol. The maximum absolute atomic E-state index is 12.7. The molecule has 0 aliphatic carbocycles. The predicted molar refractivity (Wildman–Crippen MR) is 203 cm³/mol. The number of ether oxygens (including phenoxy) is 5. The normalized spacial score (nSPS) is 22.4. The molecule has 0 amide bonds.